The Morgan fingerprint density at radius 2 is 1.86 bits per heavy atom. The molecule has 0 aromatic carbocycles. The molecule has 0 radical (unpaired) electrons. The molecule has 0 fully saturated rings. The van der Waals surface area contributed by atoms with Gasteiger partial charge in [-0.1, -0.05) is 0 Å². The Morgan fingerprint density at radius 1 is 1.43 bits per heavy atom. The Bertz CT molecular complexity index is 42.2. The molecule has 44 valence electrons. The van der Waals surface area contributed by atoms with Gasteiger partial charge in [-0.15, -0.1) is 0 Å². The average Bonchev–Trinajstić information content (AvgIpc) is 1.27. The minimum absolute atomic E-state index is 0.0370. The van der Waals surface area contributed by atoms with E-state index in [4.69, 9.17) is 23.6 Å². The molecule has 0 bridgehead atoms. The summed E-state index contributed by atoms with van der Waals surface area (Å²) in [6.07, 6.45) is 0.0370. The molecule has 0 N–H and O–H groups in total. The lowest BCUT2D eigenvalue weighted by Crippen LogP contribution is -2.07. The van der Waals surface area contributed by atoms with E-state index in [9.17, 15) is 0 Å². The Hall–Kier alpha value is 0.500. The second-order valence-electron chi connectivity index (χ2n) is 1.36. The largest absolute Gasteiger partial charge is 0.266 e. The van der Waals surface area contributed by atoms with Crippen molar-refractivity contribution in [1.82, 2.24) is 4.10 Å². The van der Waals surface area contributed by atoms with Crippen LogP contribution in [0.2, 0.25) is 0 Å². The van der Waals surface area contributed by atoms with E-state index in [-0.39, 0.29) is 6.10 Å². The van der Waals surface area contributed by atoms with Crippen LogP contribution in [0.5, 0.6) is 0 Å². The van der Waals surface area contributed by atoms with Gasteiger partial charge in [-0.3, -0.25) is 4.84 Å². The van der Waals surface area contributed by atoms with Crippen LogP contribution in [-0.4, -0.2) is 10.2 Å². The molecule has 4 heteroatoms. The van der Waals surface area contributed by atoms with Gasteiger partial charge in [0.15, 0.2) is 0 Å². The van der Waals surface area contributed by atoms with Gasteiger partial charge in [0.05, 0.1) is 6.10 Å². The van der Waals surface area contributed by atoms with Gasteiger partial charge >= 0.3 is 0 Å². The van der Waals surface area contributed by atoms with Crippen LogP contribution in [0.25, 0.3) is 0 Å². The lowest BCUT2D eigenvalue weighted by atomic mass is 10.5. The van der Waals surface area contributed by atoms with Crippen LogP contribution in [0, 0.1) is 0 Å². The van der Waals surface area contributed by atoms with E-state index in [1.165, 1.54) is 0 Å². The number of rotatable bonds is 2. The normalized spacial score (nSPS) is 11.1. The minimum Gasteiger partial charge on any atom is -0.266 e. The van der Waals surface area contributed by atoms with Crippen molar-refractivity contribution in [2.75, 3.05) is 0 Å². The molecule has 7 heavy (non-hydrogen) atoms. The molecular weight excluding hydrogens is 137 g/mol. The zero-order valence-electron chi connectivity index (χ0n) is 4.19. The molecule has 0 aliphatic carbocycles. The molecule has 0 amide bonds. The smallest absolute Gasteiger partial charge is 0.0767 e. The summed E-state index contributed by atoms with van der Waals surface area (Å²) in [6, 6.07) is 0. The van der Waals surface area contributed by atoms with E-state index in [1.807, 2.05) is 13.8 Å². The maximum Gasteiger partial charge on any atom is 0.0767 e. The first-order chi connectivity index (χ1) is 3.13. The van der Waals surface area contributed by atoms with Crippen molar-refractivity contribution in [3.63, 3.8) is 0 Å². The minimum atomic E-state index is 0.0370. The molecule has 0 heterocycles. The fourth-order valence-corrected chi connectivity index (χ4v) is 0.478. The van der Waals surface area contributed by atoms with Gasteiger partial charge in [0.25, 0.3) is 0 Å². The van der Waals surface area contributed by atoms with Gasteiger partial charge in [0.2, 0.25) is 0 Å². The molecule has 0 aromatic rings. The summed E-state index contributed by atoms with van der Waals surface area (Å²) in [7, 11) is 0. The summed E-state index contributed by atoms with van der Waals surface area (Å²) in [5, 5.41) is 0. The Kier molecular flexibility index (Phi) is 3.75. The van der Waals surface area contributed by atoms with Crippen molar-refractivity contribution in [3.8, 4) is 0 Å². The Labute approximate surface area is 53.1 Å². The summed E-state index contributed by atoms with van der Waals surface area (Å²) in [6.45, 7) is 3.66. The van der Waals surface area contributed by atoms with Crippen LogP contribution in [0.1, 0.15) is 13.8 Å². The molecule has 2 nitrogen and oxygen atoms in total. The third kappa shape index (κ3) is 6.50. The lowest BCUT2D eigenvalue weighted by molar-refractivity contribution is -0.0553. The quantitative estimate of drug-likeness (QED) is 0.433. The summed E-state index contributed by atoms with van der Waals surface area (Å²) in [5.41, 5.74) is 0. The van der Waals surface area contributed by atoms with Gasteiger partial charge in [-0.2, -0.15) is 0 Å². The standard InChI is InChI=1S/C3H7Cl2NO/c1-3(2)7-6(4)5/h3H,1-2H3. The highest BCUT2D eigenvalue weighted by atomic mass is 35.5. The van der Waals surface area contributed by atoms with Crippen molar-refractivity contribution in [2.45, 2.75) is 20.0 Å². The molecule has 0 spiro atoms. The SMILES string of the molecule is CC(C)ON(Cl)Cl. The molecule has 0 aromatic heterocycles. The Balaban J connectivity index is 2.95. The van der Waals surface area contributed by atoms with Crippen molar-refractivity contribution in [3.05, 3.63) is 0 Å². The zero-order valence-corrected chi connectivity index (χ0v) is 5.70. The van der Waals surface area contributed by atoms with E-state index < -0.39 is 0 Å². The van der Waals surface area contributed by atoms with Crippen molar-refractivity contribution >= 4 is 23.6 Å². The van der Waals surface area contributed by atoms with Crippen LogP contribution in [-0.2, 0) is 4.84 Å². The molecular formula is C3H7Cl2NO. The zero-order chi connectivity index (χ0) is 5.86. The van der Waals surface area contributed by atoms with Crippen molar-refractivity contribution in [1.29, 1.82) is 0 Å². The summed E-state index contributed by atoms with van der Waals surface area (Å²) >= 11 is 10.1. The number of hydrogen-bond donors (Lipinski definition) is 0. The predicted octanol–water partition coefficient (Wildman–Crippen LogP) is 1.94. The molecule has 0 atom stereocenters. The summed E-state index contributed by atoms with van der Waals surface area (Å²) < 4.78 is 0.644. The van der Waals surface area contributed by atoms with Crippen LogP contribution in [0.15, 0.2) is 0 Å². The lowest BCUT2D eigenvalue weighted by Gasteiger charge is -2.06. The molecule has 0 rings (SSSR count). The monoisotopic (exact) mass is 143 g/mol. The van der Waals surface area contributed by atoms with Crippen LogP contribution in [0.4, 0.5) is 0 Å². The highest BCUT2D eigenvalue weighted by Gasteiger charge is 1.96. The summed E-state index contributed by atoms with van der Waals surface area (Å²) in [5.74, 6) is 0. The average molecular weight is 144 g/mol. The van der Waals surface area contributed by atoms with E-state index in [0.29, 0.717) is 4.10 Å². The molecule has 0 saturated carbocycles. The maximum atomic E-state index is 5.05. The molecule has 0 aliphatic heterocycles. The second kappa shape index (κ2) is 3.50. The number of nitrogens with zero attached hydrogens (tertiary/aromatic N) is 1. The molecule has 0 saturated heterocycles. The highest BCUT2D eigenvalue weighted by Crippen LogP contribution is 2.02. The van der Waals surface area contributed by atoms with Crippen molar-refractivity contribution < 1.29 is 4.84 Å². The first kappa shape index (κ1) is 7.50. The topological polar surface area (TPSA) is 12.5 Å². The first-order valence-electron chi connectivity index (χ1n) is 1.91. The van der Waals surface area contributed by atoms with E-state index in [0.717, 1.165) is 0 Å². The fourth-order valence-electron chi connectivity index (χ4n) is 0.159. The molecule has 0 aliphatic rings. The van der Waals surface area contributed by atoms with Gasteiger partial charge in [-0.05, 0) is 17.9 Å². The maximum absolute atomic E-state index is 5.05. The van der Waals surface area contributed by atoms with E-state index >= 15 is 0 Å². The van der Waals surface area contributed by atoms with Crippen LogP contribution in [0.3, 0.4) is 0 Å². The van der Waals surface area contributed by atoms with Crippen molar-refractivity contribution in [2.24, 2.45) is 0 Å². The fraction of sp³-hybridized carbons (Fsp3) is 1.00. The van der Waals surface area contributed by atoms with Crippen LogP contribution >= 0.6 is 23.6 Å². The second-order valence-corrected chi connectivity index (χ2v) is 2.14. The number of halogens is 2. The first-order valence-corrected chi connectivity index (χ1v) is 2.59. The van der Waals surface area contributed by atoms with Gasteiger partial charge < -0.3 is 0 Å². The predicted molar refractivity (Wildman–Crippen MR) is 29.8 cm³/mol. The summed E-state index contributed by atoms with van der Waals surface area (Å²) in [4.78, 5) is 4.61. The third-order valence-electron chi connectivity index (χ3n) is 0.291. The van der Waals surface area contributed by atoms with E-state index in [2.05, 4.69) is 4.84 Å². The van der Waals surface area contributed by atoms with E-state index in [1.54, 1.807) is 0 Å². The Morgan fingerprint density at radius 3 is 1.86 bits per heavy atom. The number of hydrogen-bond acceptors (Lipinski definition) is 2. The molecule has 0 unspecified atom stereocenters. The van der Waals surface area contributed by atoms with Gasteiger partial charge in [0.1, 0.15) is 0 Å². The van der Waals surface area contributed by atoms with Crippen LogP contribution < -0.4 is 0 Å². The van der Waals surface area contributed by atoms with Gasteiger partial charge in [0, 0.05) is 23.6 Å². The third-order valence-corrected chi connectivity index (χ3v) is 0.450. The highest BCUT2D eigenvalue weighted by molar-refractivity contribution is 6.32. The van der Waals surface area contributed by atoms with Gasteiger partial charge in [-0.25, -0.2) is 0 Å².